The maximum absolute atomic E-state index is 7.53. The lowest BCUT2D eigenvalue weighted by atomic mass is 10.1. The molecule has 0 spiro atoms. The van der Waals surface area contributed by atoms with Crippen molar-refractivity contribution in [1.29, 1.82) is 10.8 Å². The molecule has 1 aromatic rings. The predicted molar refractivity (Wildman–Crippen MR) is 51.4 cm³/mol. The SMILES string of the molecule is CC(=N)C(=N)c1ccc(C)cc1. The fourth-order valence-corrected chi connectivity index (χ4v) is 0.937. The van der Waals surface area contributed by atoms with Crippen LogP contribution in [0.3, 0.4) is 0 Å². The Balaban J connectivity index is 2.98. The summed E-state index contributed by atoms with van der Waals surface area (Å²) in [4.78, 5) is 0. The topological polar surface area (TPSA) is 47.7 Å². The summed E-state index contributed by atoms with van der Waals surface area (Å²) in [7, 11) is 0. The minimum atomic E-state index is 0.301. The van der Waals surface area contributed by atoms with Crippen molar-refractivity contribution in [3.63, 3.8) is 0 Å². The summed E-state index contributed by atoms with van der Waals surface area (Å²) in [5.74, 6) is 0. The number of rotatable bonds is 2. The van der Waals surface area contributed by atoms with E-state index in [4.69, 9.17) is 10.8 Å². The average molecular weight is 160 g/mol. The van der Waals surface area contributed by atoms with Gasteiger partial charge in [-0.05, 0) is 13.8 Å². The lowest BCUT2D eigenvalue weighted by Gasteiger charge is -2.01. The molecule has 0 aliphatic heterocycles. The van der Waals surface area contributed by atoms with E-state index in [0.717, 1.165) is 5.56 Å². The van der Waals surface area contributed by atoms with Gasteiger partial charge in [0.05, 0.1) is 11.4 Å². The molecule has 1 aromatic carbocycles. The third-order valence-electron chi connectivity index (χ3n) is 1.72. The van der Waals surface area contributed by atoms with Gasteiger partial charge in [0.2, 0.25) is 0 Å². The highest BCUT2D eigenvalue weighted by molar-refractivity contribution is 6.45. The molecule has 62 valence electrons. The number of aryl methyl sites for hydroxylation is 1. The highest BCUT2D eigenvalue weighted by atomic mass is 14.5. The van der Waals surface area contributed by atoms with Crippen LogP contribution in [-0.2, 0) is 0 Å². The molecule has 0 heterocycles. The number of hydrogen-bond acceptors (Lipinski definition) is 2. The van der Waals surface area contributed by atoms with Gasteiger partial charge in [0.1, 0.15) is 0 Å². The highest BCUT2D eigenvalue weighted by Gasteiger charge is 2.01. The molecule has 0 saturated heterocycles. The van der Waals surface area contributed by atoms with Crippen LogP contribution in [0.1, 0.15) is 18.1 Å². The van der Waals surface area contributed by atoms with Gasteiger partial charge in [-0.1, -0.05) is 29.8 Å². The van der Waals surface area contributed by atoms with Crippen LogP contribution < -0.4 is 0 Å². The third kappa shape index (κ3) is 1.78. The molecule has 0 bridgehead atoms. The van der Waals surface area contributed by atoms with Gasteiger partial charge >= 0.3 is 0 Å². The van der Waals surface area contributed by atoms with Gasteiger partial charge in [-0.15, -0.1) is 0 Å². The lowest BCUT2D eigenvalue weighted by Crippen LogP contribution is -2.08. The minimum absolute atomic E-state index is 0.301. The van der Waals surface area contributed by atoms with Crippen molar-refractivity contribution in [2.45, 2.75) is 13.8 Å². The molecule has 12 heavy (non-hydrogen) atoms. The normalized spacial score (nSPS) is 9.50. The zero-order valence-corrected chi connectivity index (χ0v) is 7.31. The maximum Gasteiger partial charge on any atom is 0.0816 e. The fourth-order valence-electron chi connectivity index (χ4n) is 0.937. The van der Waals surface area contributed by atoms with Gasteiger partial charge < -0.3 is 5.41 Å². The molecule has 0 aromatic heterocycles. The molecule has 2 N–H and O–H groups in total. The first kappa shape index (κ1) is 8.65. The van der Waals surface area contributed by atoms with E-state index in [1.165, 1.54) is 5.56 Å². The monoisotopic (exact) mass is 160 g/mol. The second-order valence-corrected chi connectivity index (χ2v) is 2.87. The first-order valence-corrected chi connectivity index (χ1v) is 3.82. The Morgan fingerprint density at radius 3 is 2.00 bits per heavy atom. The Morgan fingerprint density at radius 1 is 1.08 bits per heavy atom. The Kier molecular flexibility index (Phi) is 2.38. The molecular weight excluding hydrogens is 148 g/mol. The summed E-state index contributed by atoms with van der Waals surface area (Å²) in [6.45, 7) is 3.63. The van der Waals surface area contributed by atoms with E-state index in [1.54, 1.807) is 6.92 Å². The summed E-state index contributed by atoms with van der Waals surface area (Å²) in [5.41, 5.74) is 2.59. The molecule has 0 amide bonds. The zero-order chi connectivity index (χ0) is 9.14. The van der Waals surface area contributed by atoms with E-state index in [9.17, 15) is 0 Å². The summed E-state index contributed by atoms with van der Waals surface area (Å²) >= 11 is 0. The van der Waals surface area contributed by atoms with Crippen molar-refractivity contribution in [2.24, 2.45) is 0 Å². The van der Waals surface area contributed by atoms with E-state index in [-0.39, 0.29) is 0 Å². The quantitative estimate of drug-likeness (QED) is 0.624. The summed E-state index contributed by atoms with van der Waals surface area (Å²) in [6, 6.07) is 7.64. The van der Waals surface area contributed by atoms with Gasteiger partial charge in [-0.2, -0.15) is 0 Å². The standard InChI is InChI=1S/C10H12N2/c1-7-3-5-9(6-4-7)10(12)8(2)11/h3-6,11-12H,1-2H3. The zero-order valence-electron chi connectivity index (χ0n) is 7.31. The number of nitrogens with one attached hydrogen (secondary N) is 2. The van der Waals surface area contributed by atoms with Gasteiger partial charge in [0, 0.05) is 5.56 Å². The Labute approximate surface area is 72.3 Å². The molecule has 0 saturated carbocycles. The molecule has 1 rings (SSSR count). The molecule has 0 atom stereocenters. The Morgan fingerprint density at radius 2 is 1.58 bits per heavy atom. The van der Waals surface area contributed by atoms with Crippen LogP contribution in [0.4, 0.5) is 0 Å². The molecule has 0 fully saturated rings. The molecule has 0 radical (unpaired) electrons. The van der Waals surface area contributed by atoms with Crippen molar-refractivity contribution in [2.75, 3.05) is 0 Å². The summed E-state index contributed by atoms with van der Waals surface area (Å²) in [5, 5.41) is 14.8. The number of hydrogen-bond donors (Lipinski definition) is 2. The Bertz CT molecular complexity index is 309. The van der Waals surface area contributed by atoms with Crippen LogP contribution in [0.25, 0.3) is 0 Å². The van der Waals surface area contributed by atoms with Crippen LogP contribution in [0.15, 0.2) is 24.3 Å². The van der Waals surface area contributed by atoms with Crippen LogP contribution in [-0.4, -0.2) is 11.4 Å². The maximum atomic E-state index is 7.53. The van der Waals surface area contributed by atoms with Crippen molar-refractivity contribution >= 4 is 11.4 Å². The van der Waals surface area contributed by atoms with Crippen molar-refractivity contribution in [3.05, 3.63) is 35.4 Å². The van der Waals surface area contributed by atoms with Gasteiger partial charge in [-0.3, -0.25) is 5.41 Å². The molecule has 2 heteroatoms. The van der Waals surface area contributed by atoms with Gasteiger partial charge in [0.25, 0.3) is 0 Å². The summed E-state index contributed by atoms with van der Waals surface area (Å²) < 4.78 is 0. The van der Waals surface area contributed by atoms with E-state index in [1.807, 2.05) is 31.2 Å². The molecule has 0 aliphatic carbocycles. The van der Waals surface area contributed by atoms with E-state index >= 15 is 0 Å². The summed E-state index contributed by atoms with van der Waals surface area (Å²) in [6.07, 6.45) is 0. The second kappa shape index (κ2) is 3.30. The van der Waals surface area contributed by atoms with Crippen LogP contribution in [0.5, 0.6) is 0 Å². The highest BCUT2D eigenvalue weighted by Crippen LogP contribution is 2.04. The molecular formula is C10H12N2. The van der Waals surface area contributed by atoms with E-state index in [0.29, 0.717) is 11.4 Å². The molecule has 2 nitrogen and oxygen atoms in total. The lowest BCUT2D eigenvalue weighted by molar-refractivity contribution is 1.42. The number of benzene rings is 1. The van der Waals surface area contributed by atoms with Crippen molar-refractivity contribution < 1.29 is 0 Å². The van der Waals surface area contributed by atoms with Crippen LogP contribution in [0.2, 0.25) is 0 Å². The second-order valence-electron chi connectivity index (χ2n) is 2.87. The van der Waals surface area contributed by atoms with E-state index < -0.39 is 0 Å². The first-order valence-electron chi connectivity index (χ1n) is 3.82. The molecule has 0 aliphatic rings. The first-order chi connectivity index (χ1) is 5.61. The van der Waals surface area contributed by atoms with Crippen molar-refractivity contribution in [3.8, 4) is 0 Å². The average Bonchev–Trinajstić information content (AvgIpc) is 2.04. The largest absolute Gasteiger partial charge is 0.303 e. The van der Waals surface area contributed by atoms with Crippen LogP contribution >= 0.6 is 0 Å². The third-order valence-corrected chi connectivity index (χ3v) is 1.72. The Hall–Kier alpha value is -1.44. The molecule has 0 unspecified atom stereocenters. The van der Waals surface area contributed by atoms with Gasteiger partial charge in [0.15, 0.2) is 0 Å². The minimum Gasteiger partial charge on any atom is -0.303 e. The predicted octanol–water partition coefficient (Wildman–Crippen LogP) is 2.40. The van der Waals surface area contributed by atoms with E-state index in [2.05, 4.69) is 0 Å². The van der Waals surface area contributed by atoms with Crippen molar-refractivity contribution in [1.82, 2.24) is 0 Å². The van der Waals surface area contributed by atoms with Gasteiger partial charge in [-0.25, -0.2) is 0 Å². The van der Waals surface area contributed by atoms with Crippen LogP contribution in [0, 0.1) is 17.7 Å². The smallest absolute Gasteiger partial charge is 0.0816 e. The fraction of sp³-hybridized carbons (Fsp3) is 0.200.